The highest BCUT2D eigenvalue weighted by Gasteiger charge is 2.28. The number of anilines is 1. The van der Waals surface area contributed by atoms with Crippen LogP contribution in [0, 0.1) is 0 Å². The molecule has 0 saturated heterocycles. The lowest BCUT2D eigenvalue weighted by Crippen LogP contribution is -2.06. The van der Waals surface area contributed by atoms with Gasteiger partial charge in [-0.15, -0.1) is 11.3 Å². The number of nitrogens with zero attached hydrogens (tertiary/aromatic N) is 1. The van der Waals surface area contributed by atoms with Gasteiger partial charge in [0.1, 0.15) is 5.37 Å². The molecule has 1 atom stereocenters. The normalized spacial score (nSPS) is 16.0. The molecule has 0 spiro atoms. The maximum atomic E-state index is 3.97. The van der Waals surface area contributed by atoms with Gasteiger partial charge in [0, 0.05) is 47.1 Å². The molecule has 8 aromatic rings. The maximum Gasteiger partial charge on any atom is 0.103 e. The first-order valence-electron chi connectivity index (χ1n) is 14.9. The van der Waals surface area contributed by atoms with Crippen LogP contribution in [-0.4, -0.2) is 4.57 Å². The van der Waals surface area contributed by atoms with Crippen molar-refractivity contribution in [1.29, 1.82) is 0 Å². The van der Waals surface area contributed by atoms with Crippen molar-refractivity contribution in [1.82, 2.24) is 4.57 Å². The molecule has 4 heteroatoms. The summed E-state index contributed by atoms with van der Waals surface area (Å²) in [5.41, 5.74) is 7.97. The lowest BCUT2D eigenvalue weighted by atomic mass is 9.98. The average Bonchev–Trinajstić information content (AvgIpc) is 3.76. The Bertz CT molecular complexity index is 2480. The Morgan fingerprint density at radius 1 is 0.674 bits per heavy atom. The number of nitrogens with one attached hydrogen (secondary N) is 1. The van der Waals surface area contributed by atoms with Gasteiger partial charge in [0.2, 0.25) is 0 Å². The van der Waals surface area contributed by atoms with Crippen LogP contribution in [0.5, 0.6) is 0 Å². The molecule has 2 aliphatic rings. The number of thioether (sulfide) groups is 1. The van der Waals surface area contributed by atoms with E-state index in [2.05, 4.69) is 131 Å². The van der Waals surface area contributed by atoms with Crippen molar-refractivity contribution in [2.45, 2.75) is 23.1 Å². The quantitative estimate of drug-likeness (QED) is 0.217. The molecule has 2 nitrogen and oxygen atoms in total. The van der Waals surface area contributed by atoms with Crippen molar-refractivity contribution < 1.29 is 0 Å². The number of allylic oxidation sites excluding steroid dienone is 1. The fourth-order valence-electron chi connectivity index (χ4n) is 7.46. The van der Waals surface area contributed by atoms with Gasteiger partial charge >= 0.3 is 0 Å². The molecule has 1 N–H and O–H groups in total. The first-order valence-corrected chi connectivity index (χ1v) is 16.6. The number of thiophene rings is 1. The van der Waals surface area contributed by atoms with Gasteiger partial charge in [-0.1, -0.05) is 103 Å². The van der Waals surface area contributed by atoms with E-state index in [-0.39, 0.29) is 5.37 Å². The smallest absolute Gasteiger partial charge is 0.103 e. The fourth-order valence-corrected chi connectivity index (χ4v) is 9.76. The third kappa shape index (κ3) is 3.36. The zero-order chi connectivity index (χ0) is 28.1. The summed E-state index contributed by atoms with van der Waals surface area (Å²) in [6, 6.07) is 40.5. The van der Waals surface area contributed by atoms with Gasteiger partial charge < -0.3 is 9.88 Å². The Balaban J connectivity index is 1.17. The van der Waals surface area contributed by atoms with E-state index in [9.17, 15) is 0 Å². The van der Waals surface area contributed by atoms with Crippen molar-refractivity contribution in [3.05, 3.63) is 132 Å². The molecule has 2 aromatic heterocycles. The van der Waals surface area contributed by atoms with Crippen LogP contribution in [0.1, 0.15) is 28.6 Å². The lowest BCUT2D eigenvalue weighted by Gasteiger charge is -2.19. The second kappa shape index (κ2) is 9.00. The van der Waals surface area contributed by atoms with E-state index in [4.69, 9.17) is 0 Å². The van der Waals surface area contributed by atoms with E-state index in [1.54, 1.807) is 0 Å². The van der Waals surface area contributed by atoms with Crippen LogP contribution in [0.15, 0.2) is 120 Å². The molecule has 0 saturated carbocycles. The van der Waals surface area contributed by atoms with Crippen LogP contribution in [0.4, 0.5) is 5.69 Å². The third-order valence-corrected chi connectivity index (χ3v) is 11.7. The van der Waals surface area contributed by atoms with Gasteiger partial charge in [-0.25, -0.2) is 0 Å². The molecule has 1 aliphatic heterocycles. The van der Waals surface area contributed by atoms with Gasteiger partial charge in [-0.3, -0.25) is 0 Å². The summed E-state index contributed by atoms with van der Waals surface area (Å²) in [4.78, 5) is 1.33. The largest absolute Gasteiger partial charge is 0.368 e. The predicted octanol–water partition coefficient (Wildman–Crippen LogP) is 11.5. The summed E-state index contributed by atoms with van der Waals surface area (Å²) >= 11 is 3.82. The summed E-state index contributed by atoms with van der Waals surface area (Å²) in [6.45, 7) is 0. The summed E-state index contributed by atoms with van der Waals surface area (Å²) in [5, 5.41) is 13.4. The van der Waals surface area contributed by atoms with Gasteiger partial charge in [-0.05, 0) is 64.9 Å². The number of hydrogen-bond donors (Lipinski definition) is 1. The highest BCUT2D eigenvalue weighted by molar-refractivity contribution is 8.00. The topological polar surface area (TPSA) is 17.0 Å². The minimum atomic E-state index is 0.153. The number of fused-ring (bicyclic) bond motifs is 11. The Morgan fingerprint density at radius 3 is 2.42 bits per heavy atom. The van der Waals surface area contributed by atoms with Crippen LogP contribution in [-0.2, 0) is 6.42 Å². The number of benzene rings is 6. The summed E-state index contributed by atoms with van der Waals surface area (Å²) < 4.78 is 5.25. The molecular formula is C39H26N2S2. The molecule has 3 heterocycles. The SMILES string of the molecule is C1=Cc2c(n(-c3ccc(C4Nc5c(ccc6sc7ccccc7c56)S4)c4ccccc34)c3ccc4ccccc4c23)CC1. The summed E-state index contributed by atoms with van der Waals surface area (Å²) in [6.07, 6.45) is 6.81. The fraction of sp³-hybridized carbons (Fsp3) is 0.0769. The van der Waals surface area contributed by atoms with Crippen molar-refractivity contribution in [3.63, 3.8) is 0 Å². The molecule has 10 rings (SSSR count). The number of rotatable bonds is 2. The van der Waals surface area contributed by atoms with Crippen LogP contribution in [0.3, 0.4) is 0 Å². The van der Waals surface area contributed by atoms with Gasteiger partial charge in [-0.2, -0.15) is 0 Å². The van der Waals surface area contributed by atoms with Gasteiger partial charge in [0.05, 0.1) is 16.9 Å². The van der Waals surface area contributed by atoms with E-state index in [1.807, 2.05) is 23.1 Å². The minimum absolute atomic E-state index is 0.153. The molecule has 0 radical (unpaired) electrons. The van der Waals surface area contributed by atoms with Crippen molar-refractivity contribution >= 4 is 87.5 Å². The summed E-state index contributed by atoms with van der Waals surface area (Å²) in [7, 11) is 0. The lowest BCUT2D eigenvalue weighted by molar-refractivity contribution is 0.891. The van der Waals surface area contributed by atoms with Gasteiger partial charge in [0.25, 0.3) is 0 Å². The van der Waals surface area contributed by atoms with E-state index in [1.165, 1.54) is 85.7 Å². The predicted molar refractivity (Wildman–Crippen MR) is 187 cm³/mol. The Morgan fingerprint density at radius 2 is 1.49 bits per heavy atom. The van der Waals surface area contributed by atoms with E-state index in [0.29, 0.717) is 0 Å². The number of hydrogen-bond acceptors (Lipinski definition) is 3. The van der Waals surface area contributed by atoms with Crippen LogP contribution >= 0.6 is 23.1 Å². The molecule has 43 heavy (non-hydrogen) atoms. The second-order valence-electron chi connectivity index (χ2n) is 11.6. The van der Waals surface area contributed by atoms with Gasteiger partial charge in [0.15, 0.2) is 0 Å². The van der Waals surface area contributed by atoms with Crippen LogP contribution < -0.4 is 5.32 Å². The first-order chi connectivity index (χ1) is 21.3. The van der Waals surface area contributed by atoms with Crippen molar-refractivity contribution in [2.24, 2.45) is 0 Å². The van der Waals surface area contributed by atoms with Crippen LogP contribution in [0.2, 0.25) is 0 Å². The first kappa shape index (κ1) is 24.0. The highest BCUT2D eigenvalue weighted by Crippen LogP contribution is 2.53. The standard InChI is InChI=1S/C39H26N2S2/c1-2-10-24-23(9-1)17-19-32-36(24)28-13-5-7-15-30(28)41(32)31-20-18-27(25-11-3-4-12-26(25)31)39-40-38-35(43-39)22-21-34-37(38)29-14-6-8-16-33(29)42-34/h1-6,8-14,16-22,39-40H,7,15H2. The zero-order valence-corrected chi connectivity index (χ0v) is 24.9. The molecule has 0 bridgehead atoms. The monoisotopic (exact) mass is 586 g/mol. The minimum Gasteiger partial charge on any atom is -0.368 e. The Hall–Kier alpha value is -4.51. The van der Waals surface area contributed by atoms with Crippen molar-refractivity contribution in [3.8, 4) is 5.69 Å². The summed E-state index contributed by atoms with van der Waals surface area (Å²) in [5.74, 6) is 0. The molecule has 0 amide bonds. The molecular weight excluding hydrogens is 561 g/mol. The Kier molecular flexibility index (Phi) is 5.02. The van der Waals surface area contributed by atoms with E-state index >= 15 is 0 Å². The zero-order valence-electron chi connectivity index (χ0n) is 23.3. The number of aromatic nitrogens is 1. The Labute approximate surface area is 257 Å². The van der Waals surface area contributed by atoms with Crippen molar-refractivity contribution in [2.75, 3.05) is 5.32 Å². The van der Waals surface area contributed by atoms with Crippen LogP contribution in [0.25, 0.3) is 64.4 Å². The molecule has 204 valence electrons. The third-order valence-electron chi connectivity index (χ3n) is 9.31. The van der Waals surface area contributed by atoms with E-state index in [0.717, 1.165) is 12.8 Å². The average molecular weight is 587 g/mol. The highest BCUT2D eigenvalue weighted by atomic mass is 32.2. The molecule has 0 fully saturated rings. The molecule has 1 aliphatic carbocycles. The van der Waals surface area contributed by atoms with E-state index < -0.39 is 0 Å². The second-order valence-corrected chi connectivity index (χ2v) is 13.8. The molecule has 1 unspecified atom stereocenters. The maximum absolute atomic E-state index is 3.97. The molecule has 6 aromatic carbocycles.